The lowest BCUT2D eigenvalue weighted by molar-refractivity contribution is -0.121. The summed E-state index contributed by atoms with van der Waals surface area (Å²) in [5.74, 6) is -0.767. The third-order valence-corrected chi connectivity index (χ3v) is 4.75. The number of nitrogens with one attached hydrogen (secondary N) is 1. The van der Waals surface area contributed by atoms with Gasteiger partial charge in [-0.2, -0.15) is 0 Å². The van der Waals surface area contributed by atoms with Crippen molar-refractivity contribution >= 4 is 11.8 Å². The topological polar surface area (TPSA) is 84.4 Å². The van der Waals surface area contributed by atoms with Crippen molar-refractivity contribution in [1.29, 1.82) is 0 Å². The van der Waals surface area contributed by atoms with Gasteiger partial charge in [0.15, 0.2) is 0 Å². The van der Waals surface area contributed by atoms with Crippen LogP contribution in [-0.4, -0.2) is 52.5 Å². The molecule has 0 aliphatic carbocycles. The third kappa shape index (κ3) is 6.32. The predicted molar refractivity (Wildman–Crippen MR) is 105 cm³/mol. The van der Waals surface area contributed by atoms with Gasteiger partial charge in [0.2, 0.25) is 5.91 Å². The average molecular weight is 400 g/mol. The molecular weight excluding hydrogens is 375 g/mol. The quantitative estimate of drug-likeness (QED) is 0.735. The summed E-state index contributed by atoms with van der Waals surface area (Å²) in [6, 6.07) is 5.95. The molecule has 154 valence electrons. The van der Waals surface area contributed by atoms with Crippen LogP contribution in [0.2, 0.25) is 0 Å². The van der Waals surface area contributed by atoms with E-state index in [1.54, 1.807) is 30.2 Å². The van der Waals surface area contributed by atoms with Gasteiger partial charge in [-0.05, 0) is 37.5 Å². The normalized spacial score (nSPS) is 15.9. The minimum absolute atomic E-state index is 0.0281. The Hall–Kier alpha value is -2.87. The number of aromatic nitrogens is 2. The Balaban J connectivity index is 1.56. The number of hydrogen-bond donors (Lipinski definition) is 1. The molecule has 2 aromatic rings. The molecular formula is C21H25FN4O3. The fraction of sp³-hybridized carbons (Fsp3) is 0.429. The smallest absolute Gasteiger partial charge is 0.274 e. The molecule has 1 fully saturated rings. The minimum atomic E-state index is -0.317. The van der Waals surface area contributed by atoms with E-state index < -0.39 is 0 Å². The Morgan fingerprint density at radius 1 is 1.24 bits per heavy atom. The summed E-state index contributed by atoms with van der Waals surface area (Å²) in [7, 11) is 0. The van der Waals surface area contributed by atoms with Gasteiger partial charge in [0, 0.05) is 38.9 Å². The van der Waals surface area contributed by atoms with Crippen molar-refractivity contribution in [2.45, 2.75) is 38.8 Å². The summed E-state index contributed by atoms with van der Waals surface area (Å²) in [6.45, 7) is 3.47. The first-order valence-corrected chi connectivity index (χ1v) is 9.72. The molecule has 8 heteroatoms. The van der Waals surface area contributed by atoms with Crippen molar-refractivity contribution in [2.75, 3.05) is 19.7 Å². The van der Waals surface area contributed by atoms with E-state index in [-0.39, 0.29) is 42.4 Å². The number of carbonyl (C=O) groups excluding carboxylic acids is 2. The lowest BCUT2D eigenvalue weighted by Gasteiger charge is -2.25. The van der Waals surface area contributed by atoms with E-state index in [0.717, 1.165) is 24.1 Å². The van der Waals surface area contributed by atoms with Gasteiger partial charge in [0.05, 0.1) is 18.0 Å². The second kappa shape index (κ2) is 10.1. The van der Waals surface area contributed by atoms with Crippen LogP contribution < -0.4 is 5.32 Å². The van der Waals surface area contributed by atoms with Gasteiger partial charge < -0.3 is 15.0 Å². The van der Waals surface area contributed by atoms with Crippen LogP contribution in [0, 0.1) is 12.7 Å². The van der Waals surface area contributed by atoms with Gasteiger partial charge in [0.25, 0.3) is 5.91 Å². The first-order chi connectivity index (χ1) is 14.0. The highest BCUT2D eigenvalue weighted by molar-refractivity contribution is 5.92. The molecule has 0 saturated carbocycles. The summed E-state index contributed by atoms with van der Waals surface area (Å²) in [4.78, 5) is 35.0. The average Bonchev–Trinajstić information content (AvgIpc) is 3.24. The molecule has 1 aromatic heterocycles. The van der Waals surface area contributed by atoms with E-state index >= 15 is 0 Å². The molecule has 1 unspecified atom stereocenters. The van der Waals surface area contributed by atoms with E-state index in [1.165, 1.54) is 18.3 Å². The molecule has 2 heterocycles. The molecule has 29 heavy (non-hydrogen) atoms. The number of halogens is 1. The van der Waals surface area contributed by atoms with Gasteiger partial charge in [-0.3, -0.25) is 14.6 Å². The summed E-state index contributed by atoms with van der Waals surface area (Å²) < 4.78 is 18.6. The Morgan fingerprint density at radius 3 is 2.69 bits per heavy atom. The summed E-state index contributed by atoms with van der Waals surface area (Å²) in [5.41, 5.74) is 1.79. The Kier molecular flexibility index (Phi) is 7.24. The largest absolute Gasteiger partial charge is 0.376 e. The van der Waals surface area contributed by atoms with E-state index in [2.05, 4.69) is 15.3 Å². The van der Waals surface area contributed by atoms with Crippen LogP contribution >= 0.6 is 0 Å². The maximum absolute atomic E-state index is 13.0. The maximum atomic E-state index is 13.0. The van der Waals surface area contributed by atoms with Gasteiger partial charge in [0.1, 0.15) is 11.5 Å². The van der Waals surface area contributed by atoms with Crippen LogP contribution in [0.1, 0.15) is 41.0 Å². The highest BCUT2D eigenvalue weighted by atomic mass is 19.1. The Labute approximate surface area is 169 Å². The second-order valence-corrected chi connectivity index (χ2v) is 7.08. The lowest BCUT2D eigenvalue weighted by Crippen LogP contribution is -2.40. The molecule has 1 atom stereocenters. The van der Waals surface area contributed by atoms with Gasteiger partial charge in [-0.1, -0.05) is 12.1 Å². The zero-order valence-electron chi connectivity index (χ0n) is 16.4. The standard InChI is InChI=1S/C21H25FN4O3/c1-15-11-24-19(13-23-15)21(28)26(14-18-3-2-10-29-18)9-8-20(27)25-12-16-4-6-17(22)7-5-16/h4-7,11,13,18H,2-3,8-10,12,14H2,1H3,(H,25,27). The predicted octanol–water partition coefficient (Wildman–Crippen LogP) is 2.25. The SMILES string of the molecule is Cc1cnc(C(=O)N(CCC(=O)NCc2ccc(F)cc2)CC2CCCO2)cn1. The third-order valence-electron chi connectivity index (χ3n) is 4.75. The summed E-state index contributed by atoms with van der Waals surface area (Å²) in [5, 5.41) is 2.80. The number of rotatable bonds is 8. The number of benzene rings is 1. The number of nitrogens with zero attached hydrogens (tertiary/aromatic N) is 3. The first-order valence-electron chi connectivity index (χ1n) is 9.72. The van der Waals surface area contributed by atoms with Crippen LogP contribution in [0.15, 0.2) is 36.7 Å². The zero-order valence-corrected chi connectivity index (χ0v) is 16.4. The molecule has 1 aromatic carbocycles. The summed E-state index contributed by atoms with van der Waals surface area (Å²) >= 11 is 0. The van der Waals surface area contributed by atoms with Gasteiger partial charge in [-0.15, -0.1) is 0 Å². The number of amides is 2. The van der Waals surface area contributed by atoms with E-state index in [1.807, 2.05) is 0 Å². The highest BCUT2D eigenvalue weighted by Crippen LogP contribution is 2.15. The lowest BCUT2D eigenvalue weighted by atomic mass is 10.2. The Morgan fingerprint density at radius 2 is 2.03 bits per heavy atom. The highest BCUT2D eigenvalue weighted by Gasteiger charge is 2.24. The number of carbonyl (C=O) groups is 2. The number of aryl methyl sites for hydroxylation is 1. The maximum Gasteiger partial charge on any atom is 0.274 e. The molecule has 1 N–H and O–H groups in total. The Bertz CT molecular complexity index is 821. The fourth-order valence-corrected chi connectivity index (χ4v) is 3.10. The monoisotopic (exact) mass is 400 g/mol. The molecule has 3 rings (SSSR count). The minimum Gasteiger partial charge on any atom is -0.376 e. The van der Waals surface area contributed by atoms with Crippen LogP contribution in [0.4, 0.5) is 4.39 Å². The number of hydrogen-bond acceptors (Lipinski definition) is 5. The zero-order chi connectivity index (χ0) is 20.6. The molecule has 0 bridgehead atoms. The molecule has 0 radical (unpaired) electrons. The van der Waals surface area contributed by atoms with Crippen LogP contribution in [0.5, 0.6) is 0 Å². The van der Waals surface area contributed by atoms with Gasteiger partial charge in [-0.25, -0.2) is 9.37 Å². The first kappa shape index (κ1) is 20.9. The van der Waals surface area contributed by atoms with Gasteiger partial charge >= 0.3 is 0 Å². The second-order valence-electron chi connectivity index (χ2n) is 7.08. The molecule has 0 spiro atoms. The van der Waals surface area contributed by atoms with Crippen molar-refractivity contribution in [2.24, 2.45) is 0 Å². The van der Waals surface area contributed by atoms with E-state index in [4.69, 9.17) is 4.74 Å². The summed E-state index contributed by atoms with van der Waals surface area (Å²) in [6.07, 6.45) is 4.98. The van der Waals surface area contributed by atoms with Crippen LogP contribution in [0.3, 0.4) is 0 Å². The van der Waals surface area contributed by atoms with Crippen molar-refractivity contribution in [3.63, 3.8) is 0 Å². The fourth-order valence-electron chi connectivity index (χ4n) is 3.10. The van der Waals surface area contributed by atoms with Crippen LogP contribution in [-0.2, 0) is 16.1 Å². The molecule has 7 nitrogen and oxygen atoms in total. The van der Waals surface area contributed by atoms with Crippen molar-refractivity contribution < 1.29 is 18.7 Å². The molecule has 2 amide bonds. The van der Waals surface area contributed by atoms with Crippen LogP contribution in [0.25, 0.3) is 0 Å². The number of ether oxygens (including phenoxy) is 1. The van der Waals surface area contributed by atoms with Crippen molar-refractivity contribution in [3.8, 4) is 0 Å². The molecule has 1 aliphatic rings. The molecule has 1 saturated heterocycles. The van der Waals surface area contributed by atoms with E-state index in [9.17, 15) is 14.0 Å². The van der Waals surface area contributed by atoms with Crippen molar-refractivity contribution in [1.82, 2.24) is 20.2 Å². The molecule has 1 aliphatic heterocycles. The van der Waals surface area contributed by atoms with E-state index in [0.29, 0.717) is 19.7 Å². The van der Waals surface area contributed by atoms with Crippen molar-refractivity contribution in [3.05, 3.63) is 59.4 Å².